The highest BCUT2D eigenvalue weighted by molar-refractivity contribution is 5.75. The van der Waals surface area contributed by atoms with Gasteiger partial charge in [-0.05, 0) is 24.6 Å². The summed E-state index contributed by atoms with van der Waals surface area (Å²) < 4.78 is 5.01. The molecule has 12 heavy (non-hydrogen) atoms. The van der Waals surface area contributed by atoms with Gasteiger partial charge in [-0.25, -0.2) is 0 Å². The van der Waals surface area contributed by atoms with Crippen molar-refractivity contribution in [3.8, 4) is 0 Å². The summed E-state index contributed by atoms with van der Waals surface area (Å²) in [4.78, 5) is 3.89. The molecule has 1 heterocycles. The molecule has 0 spiro atoms. The maximum atomic E-state index is 7.38. The van der Waals surface area contributed by atoms with E-state index in [-0.39, 0.29) is 0 Å². The molecule has 0 unspecified atom stereocenters. The van der Waals surface area contributed by atoms with Crippen molar-refractivity contribution < 1.29 is 4.74 Å². The second-order valence-electron chi connectivity index (χ2n) is 2.39. The van der Waals surface area contributed by atoms with Crippen LogP contribution < -0.4 is 0 Å². The highest BCUT2D eigenvalue weighted by atomic mass is 16.5. The number of nitrogens with zero attached hydrogens (tertiary/aromatic N) is 1. The van der Waals surface area contributed by atoms with Crippen LogP contribution in [0.2, 0.25) is 0 Å². The van der Waals surface area contributed by atoms with Gasteiger partial charge < -0.3 is 4.74 Å². The predicted molar refractivity (Wildman–Crippen MR) is 47.3 cm³/mol. The first-order valence-electron chi connectivity index (χ1n) is 3.92. The second-order valence-corrected chi connectivity index (χ2v) is 2.39. The Kier molecular flexibility index (Phi) is 3.26. The van der Waals surface area contributed by atoms with Crippen LogP contribution in [0.4, 0.5) is 0 Å². The Labute approximate surface area is 71.9 Å². The van der Waals surface area contributed by atoms with Crippen molar-refractivity contribution in [3.63, 3.8) is 0 Å². The number of aromatic nitrogens is 1. The van der Waals surface area contributed by atoms with Crippen molar-refractivity contribution in [3.05, 3.63) is 30.1 Å². The summed E-state index contributed by atoms with van der Waals surface area (Å²) >= 11 is 0. The summed E-state index contributed by atoms with van der Waals surface area (Å²) in [5.74, 6) is 0.309. The van der Waals surface area contributed by atoms with E-state index in [1.165, 1.54) is 0 Å². The van der Waals surface area contributed by atoms with Crippen LogP contribution in [0.1, 0.15) is 12.5 Å². The summed E-state index contributed by atoms with van der Waals surface area (Å²) in [6, 6.07) is 3.76. The maximum Gasteiger partial charge on any atom is 0.184 e. The summed E-state index contributed by atoms with van der Waals surface area (Å²) in [7, 11) is 0. The summed E-state index contributed by atoms with van der Waals surface area (Å²) in [6.45, 7) is 2.44. The first kappa shape index (κ1) is 8.71. The number of ether oxygens (including phenoxy) is 1. The number of hydrogen-bond donors (Lipinski definition) is 1. The van der Waals surface area contributed by atoms with Gasteiger partial charge in [0.25, 0.3) is 0 Å². The molecule has 0 aliphatic carbocycles. The lowest BCUT2D eigenvalue weighted by molar-refractivity contribution is 0.317. The van der Waals surface area contributed by atoms with E-state index in [1.807, 2.05) is 19.1 Å². The van der Waals surface area contributed by atoms with Gasteiger partial charge in [-0.1, -0.05) is 0 Å². The van der Waals surface area contributed by atoms with Gasteiger partial charge in [0, 0.05) is 18.8 Å². The van der Waals surface area contributed by atoms with E-state index < -0.39 is 0 Å². The minimum Gasteiger partial charge on any atom is -0.481 e. The van der Waals surface area contributed by atoms with E-state index in [0.717, 1.165) is 5.56 Å². The molecule has 0 saturated carbocycles. The van der Waals surface area contributed by atoms with Crippen LogP contribution in [0, 0.1) is 5.41 Å². The van der Waals surface area contributed by atoms with Gasteiger partial charge in [0.2, 0.25) is 0 Å². The largest absolute Gasteiger partial charge is 0.481 e. The Morgan fingerprint density at radius 3 is 2.75 bits per heavy atom. The van der Waals surface area contributed by atoms with Crippen molar-refractivity contribution >= 4 is 5.90 Å². The van der Waals surface area contributed by atoms with Gasteiger partial charge >= 0.3 is 0 Å². The molecule has 0 aromatic carbocycles. The molecule has 0 amide bonds. The lowest BCUT2D eigenvalue weighted by Crippen LogP contribution is -2.06. The summed E-state index contributed by atoms with van der Waals surface area (Å²) in [6.07, 6.45) is 3.99. The molecule has 0 aliphatic rings. The zero-order chi connectivity index (χ0) is 8.81. The van der Waals surface area contributed by atoms with E-state index in [1.54, 1.807) is 12.4 Å². The quantitative estimate of drug-likeness (QED) is 0.545. The third-order valence-corrected chi connectivity index (χ3v) is 1.43. The summed E-state index contributed by atoms with van der Waals surface area (Å²) in [5, 5.41) is 7.38. The zero-order valence-electron chi connectivity index (χ0n) is 7.08. The van der Waals surface area contributed by atoms with Gasteiger partial charge in [0.05, 0.1) is 6.61 Å². The average molecular weight is 164 g/mol. The molecule has 0 saturated heterocycles. The third-order valence-electron chi connectivity index (χ3n) is 1.43. The Morgan fingerprint density at radius 2 is 2.17 bits per heavy atom. The molecule has 1 aromatic heterocycles. The molecule has 0 atom stereocenters. The minimum atomic E-state index is 0.309. The Hall–Kier alpha value is -1.38. The smallest absolute Gasteiger partial charge is 0.184 e. The van der Waals surface area contributed by atoms with Gasteiger partial charge in [-0.2, -0.15) is 0 Å². The first-order chi connectivity index (χ1) is 5.83. The van der Waals surface area contributed by atoms with Gasteiger partial charge in [0.15, 0.2) is 5.90 Å². The Morgan fingerprint density at radius 1 is 1.50 bits per heavy atom. The van der Waals surface area contributed by atoms with E-state index in [2.05, 4.69) is 4.98 Å². The predicted octanol–water partition coefficient (Wildman–Crippen LogP) is 1.64. The fourth-order valence-corrected chi connectivity index (χ4v) is 0.911. The monoisotopic (exact) mass is 164 g/mol. The standard InChI is InChI=1S/C9H12N2O/c1-2-12-9(10)7-8-3-5-11-6-4-8/h3-6,10H,2,7H2,1H3. The average Bonchev–Trinajstić information content (AvgIpc) is 2.06. The van der Waals surface area contributed by atoms with Crippen molar-refractivity contribution in [2.75, 3.05) is 6.61 Å². The molecule has 1 N–H and O–H groups in total. The molecule has 0 radical (unpaired) electrons. The molecule has 3 heteroatoms. The molecule has 1 aromatic rings. The lowest BCUT2D eigenvalue weighted by Gasteiger charge is -2.03. The molecular weight excluding hydrogens is 152 g/mol. The van der Waals surface area contributed by atoms with Gasteiger partial charge in [-0.15, -0.1) is 0 Å². The molecule has 64 valence electrons. The summed E-state index contributed by atoms with van der Waals surface area (Å²) in [5.41, 5.74) is 1.06. The highest BCUT2D eigenvalue weighted by Crippen LogP contribution is 1.98. The minimum absolute atomic E-state index is 0.309. The van der Waals surface area contributed by atoms with Gasteiger partial charge in [0.1, 0.15) is 0 Å². The SMILES string of the molecule is CCOC(=N)Cc1ccncc1. The van der Waals surface area contributed by atoms with Crippen LogP contribution in [-0.4, -0.2) is 17.5 Å². The van der Waals surface area contributed by atoms with E-state index in [9.17, 15) is 0 Å². The van der Waals surface area contributed by atoms with Crippen LogP contribution in [0.3, 0.4) is 0 Å². The van der Waals surface area contributed by atoms with Crippen molar-refractivity contribution in [2.24, 2.45) is 0 Å². The fraction of sp³-hybridized carbons (Fsp3) is 0.333. The Balaban J connectivity index is 2.47. The molecule has 0 aliphatic heterocycles. The number of hydrogen-bond acceptors (Lipinski definition) is 3. The molecule has 0 fully saturated rings. The molecule has 1 rings (SSSR count). The number of nitrogens with one attached hydrogen (secondary N) is 1. The molecule has 0 bridgehead atoms. The van der Waals surface area contributed by atoms with Crippen LogP contribution in [-0.2, 0) is 11.2 Å². The number of pyridine rings is 1. The maximum absolute atomic E-state index is 7.38. The molecule has 3 nitrogen and oxygen atoms in total. The van der Waals surface area contributed by atoms with Crippen LogP contribution >= 0.6 is 0 Å². The van der Waals surface area contributed by atoms with Crippen molar-refractivity contribution in [2.45, 2.75) is 13.3 Å². The topological polar surface area (TPSA) is 46.0 Å². The molecular formula is C9H12N2O. The zero-order valence-corrected chi connectivity index (χ0v) is 7.08. The van der Waals surface area contributed by atoms with Crippen LogP contribution in [0.25, 0.3) is 0 Å². The van der Waals surface area contributed by atoms with E-state index >= 15 is 0 Å². The van der Waals surface area contributed by atoms with Crippen LogP contribution in [0.15, 0.2) is 24.5 Å². The van der Waals surface area contributed by atoms with Gasteiger partial charge in [-0.3, -0.25) is 10.4 Å². The third kappa shape index (κ3) is 2.70. The lowest BCUT2D eigenvalue weighted by atomic mass is 10.2. The highest BCUT2D eigenvalue weighted by Gasteiger charge is 1.97. The van der Waals surface area contributed by atoms with E-state index in [0.29, 0.717) is 18.9 Å². The Bertz CT molecular complexity index is 246. The van der Waals surface area contributed by atoms with Crippen molar-refractivity contribution in [1.29, 1.82) is 5.41 Å². The normalized spacial score (nSPS) is 9.42. The fourth-order valence-electron chi connectivity index (χ4n) is 0.911. The van der Waals surface area contributed by atoms with Crippen molar-refractivity contribution in [1.82, 2.24) is 4.98 Å². The number of rotatable bonds is 3. The van der Waals surface area contributed by atoms with E-state index in [4.69, 9.17) is 10.1 Å². The van der Waals surface area contributed by atoms with Crippen LogP contribution in [0.5, 0.6) is 0 Å². The first-order valence-corrected chi connectivity index (χ1v) is 3.92. The second kappa shape index (κ2) is 4.49.